The third-order valence-corrected chi connectivity index (χ3v) is 6.33. The number of halogens is 2. The summed E-state index contributed by atoms with van der Waals surface area (Å²) in [7, 11) is 2.09. The summed E-state index contributed by atoms with van der Waals surface area (Å²) in [5, 5.41) is 5.38. The van der Waals surface area contributed by atoms with Gasteiger partial charge in [0.1, 0.15) is 11.5 Å². The van der Waals surface area contributed by atoms with Crippen LogP contribution in [0.3, 0.4) is 0 Å². The zero-order valence-corrected chi connectivity index (χ0v) is 19.9. The minimum absolute atomic E-state index is 0.111. The van der Waals surface area contributed by atoms with E-state index in [4.69, 9.17) is 16.7 Å². The molecule has 2 aromatic carbocycles. The van der Waals surface area contributed by atoms with Gasteiger partial charge in [0.25, 0.3) is 5.56 Å². The number of aryl methyl sites for hydroxylation is 1. The van der Waals surface area contributed by atoms with Crippen molar-refractivity contribution in [3.8, 4) is 11.3 Å². The van der Waals surface area contributed by atoms with Gasteiger partial charge in [0.15, 0.2) is 0 Å². The molecule has 4 rings (SSSR count). The highest BCUT2D eigenvalue weighted by Crippen LogP contribution is 2.28. The molecule has 0 saturated carbocycles. The van der Waals surface area contributed by atoms with Crippen LogP contribution in [0.2, 0.25) is 5.02 Å². The molecule has 5 nitrogen and oxygen atoms in total. The molecular formula is C26H28ClFN4O. The predicted octanol–water partition coefficient (Wildman–Crippen LogP) is 4.78. The fraction of sp³-hybridized carbons (Fsp3) is 0.308. The molecule has 33 heavy (non-hydrogen) atoms. The SMILES string of the molecule is Cc1cc(-c2nn(CC=Cc3ccc(Cl)cc3)c(=O)c(N3CCN(C)CC3)c2C)ccc1F. The van der Waals surface area contributed by atoms with Gasteiger partial charge in [0.05, 0.1) is 12.2 Å². The lowest BCUT2D eigenvalue weighted by molar-refractivity contribution is 0.312. The zero-order valence-electron chi connectivity index (χ0n) is 19.2. The van der Waals surface area contributed by atoms with Gasteiger partial charge in [0, 0.05) is 42.3 Å². The number of piperazine rings is 1. The van der Waals surface area contributed by atoms with E-state index in [1.54, 1.807) is 19.1 Å². The Kier molecular flexibility index (Phi) is 6.96. The number of hydrogen-bond acceptors (Lipinski definition) is 4. The molecular weight excluding hydrogens is 439 g/mol. The summed E-state index contributed by atoms with van der Waals surface area (Å²) in [5.41, 5.74) is 4.44. The number of hydrogen-bond donors (Lipinski definition) is 0. The van der Waals surface area contributed by atoms with Crippen molar-refractivity contribution in [3.05, 3.63) is 86.4 Å². The smallest absolute Gasteiger partial charge is 0.290 e. The Morgan fingerprint density at radius 3 is 2.42 bits per heavy atom. The second-order valence-corrected chi connectivity index (χ2v) is 8.95. The van der Waals surface area contributed by atoms with Gasteiger partial charge in [-0.15, -0.1) is 0 Å². The average Bonchev–Trinajstić information content (AvgIpc) is 2.80. The van der Waals surface area contributed by atoms with Crippen LogP contribution in [-0.2, 0) is 6.54 Å². The van der Waals surface area contributed by atoms with Crippen LogP contribution < -0.4 is 10.5 Å². The standard InChI is InChI=1S/C26H28ClFN4O/c1-18-17-21(8-11-23(18)28)24-19(2)25(31-15-13-30(3)14-16-31)26(33)32(29-24)12-4-5-20-6-9-22(27)10-7-20/h4-11,17H,12-16H2,1-3H3. The maximum Gasteiger partial charge on any atom is 0.290 e. The molecule has 0 unspecified atom stereocenters. The summed E-state index contributed by atoms with van der Waals surface area (Å²) < 4.78 is 15.4. The molecule has 1 aromatic heterocycles. The van der Waals surface area contributed by atoms with E-state index in [9.17, 15) is 9.18 Å². The van der Waals surface area contributed by atoms with Crippen LogP contribution in [0.25, 0.3) is 17.3 Å². The highest BCUT2D eigenvalue weighted by atomic mass is 35.5. The summed E-state index contributed by atoms with van der Waals surface area (Å²) in [6.07, 6.45) is 3.86. The van der Waals surface area contributed by atoms with Crippen LogP contribution in [0.5, 0.6) is 0 Å². The fourth-order valence-electron chi connectivity index (χ4n) is 4.09. The molecule has 1 saturated heterocycles. The quantitative estimate of drug-likeness (QED) is 0.542. The Bertz CT molecular complexity index is 1230. The molecule has 1 aliphatic heterocycles. The molecule has 0 spiro atoms. The molecule has 1 fully saturated rings. The number of rotatable bonds is 5. The summed E-state index contributed by atoms with van der Waals surface area (Å²) in [6, 6.07) is 12.5. The van der Waals surface area contributed by atoms with Crippen molar-refractivity contribution in [3.63, 3.8) is 0 Å². The molecule has 1 aliphatic rings. The van der Waals surface area contributed by atoms with E-state index in [1.807, 2.05) is 43.3 Å². The molecule has 0 amide bonds. The first-order valence-corrected chi connectivity index (χ1v) is 11.4. The van der Waals surface area contributed by atoms with Gasteiger partial charge < -0.3 is 9.80 Å². The molecule has 7 heteroatoms. The monoisotopic (exact) mass is 466 g/mol. The van der Waals surface area contributed by atoms with Crippen molar-refractivity contribution in [1.82, 2.24) is 14.7 Å². The number of aromatic nitrogens is 2. The summed E-state index contributed by atoms with van der Waals surface area (Å²) in [6.45, 7) is 7.34. The van der Waals surface area contributed by atoms with E-state index in [-0.39, 0.29) is 11.4 Å². The fourth-order valence-corrected chi connectivity index (χ4v) is 4.22. The molecule has 0 radical (unpaired) electrons. The third kappa shape index (κ3) is 5.18. The first kappa shape index (κ1) is 23.2. The molecule has 0 atom stereocenters. The van der Waals surface area contributed by atoms with E-state index in [1.165, 1.54) is 10.7 Å². The van der Waals surface area contributed by atoms with Crippen molar-refractivity contribution in [2.45, 2.75) is 20.4 Å². The van der Waals surface area contributed by atoms with Gasteiger partial charge >= 0.3 is 0 Å². The summed E-state index contributed by atoms with van der Waals surface area (Å²) >= 11 is 5.96. The number of allylic oxidation sites excluding steroid dienone is 1. The molecule has 172 valence electrons. The Morgan fingerprint density at radius 1 is 1.06 bits per heavy atom. The first-order chi connectivity index (χ1) is 15.8. The van der Waals surface area contributed by atoms with Crippen LogP contribution in [0.4, 0.5) is 10.1 Å². The lowest BCUT2D eigenvalue weighted by Gasteiger charge is -2.34. The highest BCUT2D eigenvalue weighted by molar-refractivity contribution is 6.30. The third-order valence-electron chi connectivity index (χ3n) is 6.08. The second kappa shape index (κ2) is 9.89. The van der Waals surface area contributed by atoms with Gasteiger partial charge in [-0.1, -0.05) is 35.9 Å². The Hall–Kier alpha value is -2.96. The van der Waals surface area contributed by atoms with Crippen molar-refractivity contribution < 1.29 is 4.39 Å². The van der Waals surface area contributed by atoms with Crippen molar-refractivity contribution in [2.24, 2.45) is 0 Å². The maximum atomic E-state index is 13.9. The van der Waals surface area contributed by atoms with Crippen LogP contribution >= 0.6 is 11.6 Å². The number of likely N-dealkylation sites (N-methyl/N-ethyl adjacent to an activating group) is 1. The van der Waals surface area contributed by atoms with Crippen LogP contribution in [0.15, 0.2) is 53.3 Å². The Labute approximate surface area is 198 Å². The van der Waals surface area contributed by atoms with Crippen LogP contribution in [0.1, 0.15) is 16.7 Å². The molecule has 0 bridgehead atoms. The van der Waals surface area contributed by atoms with Gasteiger partial charge in [0.2, 0.25) is 0 Å². The van der Waals surface area contributed by atoms with Crippen molar-refractivity contribution in [1.29, 1.82) is 0 Å². The minimum atomic E-state index is -0.255. The van der Waals surface area contributed by atoms with E-state index in [0.29, 0.717) is 28.5 Å². The molecule has 0 N–H and O–H groups in total. The summed E-state index contributed by atoms with van der Waals surface area (Å²) in [5.74, 6) is -0.255. The lowest BCUT2D eigenvalue weighted by Crippen LogP contribution is -2.47. The van der Waals surface area contributed by atoms with Gasteiger partial charge in [-0.3, -0.25) is 4.79 Å². The van der Waals surface area contributed by atoms with Gasteiger partial charge in [-0.25, -0.2) is 9.07 Å². The normalized spacial score (nSPS) is 14.9. The van der Waals surface area contributed by atoms with Crippen molar-refractivity contribution in [2.75, 3.05) is 38.1 Å². The summed E-state index contributed by atoms with van der Waals surface area (Å²) in [4.78, 5) is 17.9. The second-order valence-electron chi connectivity index (χ2n) is 8.52. The Morgan fingerprint density at radius 2 is 1.76 bits per heavy atom. The topological polar surface area (TPSA) is 41.4 Å². The minimum Gasteiger partial charge on any atom is -0.364 e. The lowest BCUT2D eigenvalue weighted by atomic mass is 10.0. The van der Waals surface area contributed by atoms with E-state index in [0.717, 1.165) is 42.9 Å². The predicted molar refractivity (Wildman–Crippen MR) is 134 cm³/mol. The Balaban J connectivity index is 1.76. The van der Waals surface area contributed by atoms with Crippen LogP contribution in [-0.4, -0.2) is 47.9 Å². The van der Waals surface area contributed by atoms with Gasteiger partial charge in [-0.2, -0.15) is 5.10 Å². The highest BCUT2D eigenvalue weighted by Gasteiger charge is 2.23. The van der Waals surface area contributed by atoms with Crippen molar-refractivity contribution >= 4 is 23.4 Å². The zero-order chi connectivity index (χ0) is 23.5. The number of anilines is 1. The van der Waals surface area contributed by atoms with E-state index < -0.39 is 0 Å². The number of benzene rings is 2. The average molecular weight is 467 g/mol. The first-order valence-electron chi connectivity index (χ1n) is 11.1. The van der Waals surface area contributed by atoms with E-state index >= 15 is 0 Å². The maximum absolute atomic E-state index is 13.9. The molecule has 3 aromatic rings. The van der Waals surface area contributed by atoms with Crippen LogP contribution in [0, 0.1) is 19.7 Å². The number of nitrogens with zero attached hydrogens (tertiary/aromatic N) is 4. The molecule has 2 heterocycles. The largest absolute Gasteiger partial charge is 0.364 e. The molecule has 0 aliphatic carbocycles. The van der Waals surface area contributed by atoms with Gasteiger partial charge in [-0.05, 0) is 62.4 Å². The van der Waals surface area contributed by atoms with E-state index in [2.05, 4.69) is 16.8 Å².